The SMILES string of the molecule is S=C1C=C(C2CCCC(Cl)N2)N=CC1. The van der Waals surface area contributed by atoms with Crippen LogP contribution in [0.3, 0.4) is 0 Å². The summed E-state index contributed by atoms with van der Waals surface area (Å²) >= 11 is 11.2. The molecule has 0 bridgehead atoms. The van der Waals surface area contributed by atoms with Gasteiger partial charge in [0.25, 0.3) is 0 Å². The number of halogens is 1. The van der Waals surface area contributed by atoms with Gasteiger partial charge in [-0.2, -0.15) is 0 Å². The normalized spacial score (nSPS) is 32.9. The van der Waals surface area contributed by atoms with Crippen LogP contribution < -0.4 is 5.32 Å². The largest absolute Gasteiger partial charge is 0.293 e. The van der Waals surface area contributed by atoms with Crippen molar-refractivity contribution >= 4 is 34.9 Å². The van der Waals surface area contributed by atoms with Crippen molar-refractivity contribution in [3.63, 3.8) is 0 Å². The molecule has 4 heteroatoms. The van der Waals surface area contributed by atoms with Gasteiger partial charge in [-0.05, 0) is 25.3 Å². The highest BCUT2D eigenvalue weighted by Crippen LogP contribution is 2.22. The molecule has 2 rings (SSSR count). The topological polar surface area (TPSA) is 24.4 Å². The van der Waals surface area contributed by atoms with Gasteiger partial charge >= 0.3 is 0 Å². The van der Waals surface area contributed by atoms with Crippen molar-refractivity contribution in [3.05, 3.63) is 11.8 Å². The van der Waals surface area contributed by atoms with Crippen LogP contribution in [0.1, 0.15) is 25.7 Å². The summed E-state index contributed by atoms with van der Waals surface area (Å²) in [4.78, 5) is 5.33. The third-order valence-electron chi connectivity index (χ3n) is 2.53. The summed E-state index contributed by atoms with van der Waals surface area (Å²) in [7, 11) is 0. The summed E-state index contributed by atoms with van der Waals surface area (Å²) < 4.78 is 0. The third kappa shape index (κ3) is 2.41. The Morgan fingerprint density at radius 2 is 2.36 bits per heavy atom. The molecule has 2 nitrogen and oxygen atoms in total. The fraction of sp³-hybridized carbons (Fsp3) is 0.600. The van der Waals surface area contributed by atoms with Crippen molar-refractivity contribution in [1.29, 1.82) is 0 Å². The van der Waals surface area contributed by atoms with Gasteiger partial charge in [0.2, 0.25) is 0 Å². The van der Waals surface area contributed by atoms with Gasteiger partial charge in [0, 0.05) is 17.5 Å². The van der Waals surface area contributed by atoms with Crippen molar-refractivity contribution in [2.24, 2.45) is 4.99 Å². The maximum atomic E-state index is 6.04. The van der Waals surface area contributed by atoms with Crippen LogP contribution in [0.2, 0.25) is 0 Å². The summed E-state index contributed by atoms with van der Waals surface area (Å²) in [5, 5.41) is 3.33. The molecule has 2 heterocycles. The molecule has 76 valence electrons. The first-order chi connectivity index (χ1) is 6.75. The van der Waals surface area contributed by atoms with E-state index in [1.165, 1.54) is 0 Å². The second-order valence-electron chi connectivity index (χ2n) is 3.67. The quantitative estimate of drug-likeness (QED) is 0.424. The molecule has 0 aromatic heterocycles. The molecule has 0 aliphatic carbocycles. The van der Waals surface area contributed by atoms with E-state index in [-0.39, 0.29) is 5.50 Å². The highest BCUT2D eigenvalue weighted by atomic mass is 35.5. The number of hydrogen-bond donors (Lipinski definition) is 1. The van der Waals surface area contributed by atoms with Crippen LogP contribution >= 0.6 is 23.8 Å². The van der Waals surface area contributed by atoms with Crippen LogP contribution in [0.15, 0.2) is 16.8 Å². The monoisotopic (exact) mass is 228 g/mol. The number of thiocarbonyl (C=S) groups is 1. The van der Waals surface area contributed by atoms with Crippen molar-refractivity contribution in [3.8, 4) is 0 Å². The molecule has 0 radical (unpaired) electrons. The number of allylic oxidation sites excluding steroid dienone is 1. The Morgan fingerprint density at radius 1 is 1.50 bits per heavy atom. The standard InChI is InChI=1S/C10H13ClN2S/c11-10-3-1-2-8(13-10)9-6-7(14)4-5-12-9/h5-6,8,10,13H,1-4H2. The Kier molecular flexibility index (Phi) is 3.31. The fourth-order valence-corrected chi connectivity index (χ4v) is 2.31. The first-order valence-corrected chi connectivity index (χ1v) is 5.77. The average molecular weight is 229 g/mol. The number of aliphatic imine (C=N–C) groups is 1. The Labute approximate surface area is 94.4 Å². The van der Waals surface area contributed by atoms with E-state index in [1.807, 2.05) is 12.3 Å². The summed E-state index contributed by atoms with van der Waals surface area (Å²) in [6.07, 6.45) is 7.99. The minimum absolute atomic E-state index is 0.0837. The Morgan fingerprint density at radius 3 is 3.07 bits per heavy atom. The van der Waals surface area contributed by atoms with Gasteiger partial charge in [-0.15, -0.1) is 11.6 Å². The average Bonchev–Trinajstić information content (AvgIpc) is 2.18. The van der Waals surface area contributed by atoms with E-state index in [4.69, 9.17) is 23.8 Å². The second kappa shape index (κ2) is 4.51. The van der Waals surface area contributed by atoms with Crippen LogP contribution in [-0.4, -0.2) is 22.6 Å². The molecule has 0 saturated carbocycles. The fourth-order valence-electron chi connectivity index (χ4n) is 1.81. The minimum Gasteiger partial charge on any atom is -0.293 e. The minimum atomic E-state index is 0.0837. The maximum Gasteiger partial charge on any atom is 0.0830 e. The second-order valence-corrected chi connectivity index (χ2v) is 4.72. The first-order valence-electron chi connectivity index (χ1n) is 4.93. The lowest BCUT2D eigenvalue weighted by Gasteiger charge is -2.28. The number of hydrogen-bond acceptors (Lipinski definition) is 3. The van der Waals surface area contributed by atoms with Gasteiger partial charge in [-0.3, -0.25) is 10.3 Å². The van der Waals surface area contributed by atoms with E-state index in [9.17, 15) is 0 Å². The summed E-state index contributed by atoms with van der Waals surface area (Å²) in [5.74, 6) is 0. The van der Waals surface area contributed by atoms with Gasteiger partial charge < -0.3 is 0 Å². The number of nitrogens with zero attached hydrogens (tertiary/aromatic N) is 1. The first kappa shape index (κ1) is 10.3. The highest BCUT2D eigenvalue weighted by molar-refractivity contribution is 7.80. The third-order valence-corrected chi connectivity index (χ3v) is 3.16. The van der Waals surface area contributed by atoms with Crippen LogP contribution in [0.5, 0.6) is 0 Å². The lowest BCUT2D eigenvalue weighted by Crippen LogP contribution is -2.40. The van der Waals surface area contributed by atoms with Gasteiger partial charge in [-0.1, -0.05) is 12.2 Å². The van der Waals surface area contributed by atoms with E-state index in [0.717, 1.165) is 36.2 Å². The Balaban J connectivity index is 2.06. The van der Waals surface area contributed by atoms with Crippen LogP contribution in [0.4, 0.5) is 0 Å². The number of nitrogens with one attached hydrogen (secondary N) is 1. The van der Waals surface area contributed by atoms with Gasteiger partial charge in [-0.25, -0.2) is 0 Å². The van der Waals surface area contributed by atoms with Gasteiger partial charge in [0.1, 0.15) is 0 Å². The highest BCUT2D eigenvalue weighted by Gasteiger charge is 2.22. The smallest absolute Gasteiger partial charge is 0.0830 e. The summed E-state index contributed by atoms with van der Waals surface area (Å²) in [6, 6.07) is 0.292. The van der Waals surface area contributed by atoms with Crippen molar-refractivity contribution in [2.75, 3.05) is 0 Å². The van der Waals surface area contributed by atoms with E-state index >= 15 is 0 Å². The maximum absolute atomic E-state index is 6.04. The summed E-state index contributed by atoms with van der Waals surface area (Å²) in [5.41, 5.74) is 1.13. The molecule has 0 spiro atoms. The molecule has 0 aromatic rings. The summed E-state index contributed by atoms with van der Waals surface area (Å²) in [6.45, 7) is 0. The van der Waals surface area contributed by atoms with E-state index in [2.05, 4.69) is 10.3 Å². The molecular formula is C10H13ClN2S. The van der Waals surface area contributed by atoms with Crippen LogP contribution in [-0.2, 0) is 0 Å². The Hall–Kier alpha value is -0.250. The predicted octanol–water partition coefficient (Wildman–Crippen LogP) is 2.42. The van der Waals surface area contributed by atoms with E-state index in [1.54, 1.807) is 0 Å². The number of piperidine rings is 1. The Bertz CT molecular complexity index is 298. The molecule has 14 heavy (non-hydrogen) atoms. The zero-order valence-corrected chi connectivity index (χ0v) is 9.44. The zero-order valence-electron chi connectivity index (χ0n) is 7.87. The molecule has 1 fully saturated rings. The van der Waals surface area contributed by atoms with Crippen molar-refractivity contribution in [1.82, 2.24) is 5.32 Å². The molecule has 1 saturated heterocycles. The van der Waals surface area contributed by atoms with Gasteiger partial charge in [0.15, 0.2) is 0 Å². The molecule has 1 N–H and O–H groups in total. The lowest BCUT2D eigenvalue weighted by atomic mass is 10.00. The number of alkyl halides is 1. The molecule has 0 amide bonds. The molecule has 2 atom stereocenters. The zero-order chi connectivity index (χ0) is 9.97. The van der Waals surface area contributed by atoms with Crippen molar-refractivity contribution in [2.45, 2.75) is 37.2 Å². The lowest BCUT2D eigenvalue weighted by molar-refractivity contribution is 0.410. The van der Waals surface area contributed by atoms with Gasteiger partial charge in [0.05, 0.1) is 17.2 Å². The molecule has 2 aliphatic rings. The van der Waals surface area contributed by atoms with E-state index in [0.29, 0.717) is 6.04 Å². The molecule has 2 unspecified atom stereocenters. The predicted molar refractivity (Wildman–Crippen MR) is 64.2 cm³/mol. The molecule has 2 aliphatic heterocycles. The van der Waals surface area contributed by atoms with Crippen LogP contribution in [0.25, 0.3) is 0 Å². The van der Waals surface area contributed by atoms with E-state index < -0.39 is 0 Å². The van der Waals surface area contributed by atoms with Crippen molar-refractivity contribution < 1.29 is 0 Å². The number of rotatable bonds is 1. The molecule has 0 aromatic carbocycles. The van der Waals surface area contributed by atoms with Crippen LogP contribution in [0, 0.1) is 0 Å². The molecular weight excluding hydrogens is 216 g/mol.